The molecule has 0 aromatic rings. The average Bonchev–Trinajstić information content (AvgIpc) is 2.56. The normalized spacial score (nSPS) is 13.2. The summed E-state index contributed by atoms with van der Waals surface area (Å²) in [6.45, 7) is 10.7. The number of hydrogen-bond donors (Lipinski definition) is 2. The van der Waals surface area contributed by atoms with E-state index in [0.717, 1.165) is 37.2 Å². The Balaban J connectivity index is 3.90. The molecule has 0 aromatic carbocycles. The van der Waals surface area contributed by atoms with E-state index in [0.29, 0.717) is 0 Å². The van der Waals surface area contributed by atoms with E-state index in [1.54, 1.807) is 11.8 Å². The molecule has 0 aromatic heterocycles. The molecule has 27 heavy (non-hydrogen) atoms. The second-order valence-corrected chi connectivity index (χ2v) is 8.51. The van der Waals surface area contributed by atoms with Gasteiger partial charge in [0.1, 0.15) is 0 Å². The van der Waals surface area contributed by atoms with Gasteiger partial charge >= 0.3 is 0 Å². The summed E-state index contributed by atoms with van der Waals surface area (Å²) in [4.78, 5) is 22.3. The molecule has 0 rings (SSSR count). The molecule has 0 radical (unpaired) electrons. The van der Waals surface area contributed by atoms with Crippen molar-refractivity contribution in [3.05, 3.63) is 34.9 Å². The van der Waals surface area contributed by atoms with Crippen LogP contribution in [0.1, 0.15) is 73.1 Å². The van der Waals surface area contributed by atoms with Gasteiger partial charge in [0, 0.05) is 30.4 Å². The van der Waals surface area contributed by atoms with Crippen molar-refractivity contribution in [3.8, 4) is 0 Å². The predicted octanol–water partition coefficient (Wildman–Crippen LogP) is 4.91. The van der Waals surface area contributed by atoms with E-state index in [2.05, 4.69) is 51.2 Å². The zero-order chi connectivity index (χ0) is 20.7. The molecule has 0 saturated heterocycles. The predicted molar refractivity (Wildman–Crippen MR) is 119 cm³/mol. The lowest BCUT2D eigenvalue weighted by Crippen LogP contribution is -2.34. The number of thioether (sulfide) groups is 1. The lowest BCUT2D eigenvalue weighted by atomic mass is 10.1. The Morgan fingerprint density at radius 1 is 0.926 bits per heavy atom. The average molecular weight is 395 g/mol. The molecule has 1 unspecified atom stereocenters. The molecule has 0 spiro atoms. The largest absolute Gasteiger partial charge is 0.370 e. The fraction of sp³-hybridized carbons (Fsp3) is 0.636. The molecular formula is C22H38N2O2S. The Morgan fingerprint density at radius 2 is 1.52 bits per heavy atom. The van der Waals surface area contributed by atoms with Gasteiger partial charge in [0.2, 0.25) is 11.8 Å². The van der Waals surface area contributed by atoms with Crippen molar-refractivity contribution in [2.45, 2.75) is 79.2 Å². The molecule has 0 fully saturated rings. The van der Waals surface area contributed by atoms with Crippen LogP contribution in [-0.2, 0) is 9.59 Å². The maximum atomic E-state index is 11.6. The minimum Gasteiger partial charge on any atom is -0.370 e. The first kappa shape index (κ1) is 25.5. The number of allylic oxidation sites excluding steroid dienone is 5. The molecule has 2 amide bonds. The highest BCUT2D eigenvalue weighted by atomic mass is 32.2. The number of carbonyl (C=O) groups excluding carboxylic acids is 2. The van der Waals surface area contributed by atoms with Gasteiger partial charge in [0.25, 0.3) is 0 Å². The number of nitrogens with two attached hydrogens (primary N) is 1. The van der Waals surface area contributed by atoms with E-state index >= 15 is 0 Å². The second-order valence-electron chi connectivity index (χ2n) is 7.43. The quantitative estimate of drug-likeness (QED) is 0.325. The maximum absolute atomic E-state index is 11.6. The van der Waals surface area contributed by atoms with Gasteiger partial charge in [-0.25, -0.2) is 0 Å². The van der Waals surface area contributed by atoms with Crippen LogP contribution in [0.3, 0.4) is 0 Å². The van der Waals surface area contributed by atoms with E-state index in [-0.39, 0.29) is 24.8 Å². The van der Waals surface area contributed by atoms with Crippen LogP contribution in [0.4, 0.5) is 0 Å². The van der Waals surface area contributed by atoms with Crippen molar-refractivity contribution >= 4 is 23.6 Å². The highest BCUT2D eigenvalue weighted by Crippen LogP contribution is 2.13. The minimum atomic E-state index is -0.439. The molecule has 0 heterocycles. The van der Waals surface area contributed by atoms with Gasteiger partial charge in [-0.15, -0.1) is 0 Å². The van der Waals surface area contributed by atoms with Crippen molar-refractivity contribution in [1.82, 2.24) is 5.32 Å². The summed E-state index contributed by atoms with van der Waals surface area (Å²) in [6.07, 6.45) is 11.7. The first-order chi connectivity index (χ1) is 12.7. The Kier molecular flexibility index (Phi) is 14.7. The third kappa shape index (κ3) is 17.7. The standard InChI is InChI=1S/C22H38N2O2S/c1-17(2)8-6-9-18(3)10-7-11-19(4)14-15-27-16-20(5)24-22(26)13-12-21(23)25/h8,10,14,20H,6-7,9,11-13,15-16H2,1-5H3,(H2,23,25)(H,24,26)/b18-10+,19-14+. The van der Waals surface area contributed by atoms with Gasteiger partial charge in [-0.05, 0) is 60.3 Å². The summed E-state index contributed by atoms with van der Waals surface area (Å²) in [5.41, 5.74) is 9.31. The SMILES string of the molecule is CC(C)=CCC/C(C)=C/CC/C(C)=C/CSCC(C)NC(=O)CCC(N)=O. The molecular weight excluding hydrogens is 356 g/mol. The fourth-order valence-electron chi connectivity index (χ4n) is 2.41. The first-order valence-electron chi connectivity index (χ1n) is 9.80. The van der Waals surface area contributed by atoms with E-state index in [1.165, 1.54) is 16.7 Å². The fourth-order valence-corrected chi connectivity index (χ4v) is 3.39. The molecule has 4 nitrogen and oxygen atoms in total. The second kappa shape index (κ2) is 15.6. The van der Waals surface area contributed by atoms with Crippen molar-refractivity contribution in [2.24, 2.45) is 5.73 Å². The van der Waals surface area contributed by atoms with Gasteiger partial charge < -0.3 is 11.1 Å². The summed E-state index contributed by atoms with van der Waals surface area (Å²) in [7, 11) is 0. The molecule has 0 saturated carbocycles. The number of hydrogen-bond acceptors (Lipinski definition) is 3. The summed E-state index contributed by atoms with van der Waals surface area (Å²) < 4.78 is 0. The van der Waals surface area contributed by atoms with E-state index < -0.39 is 5.91 Å². The highest BCUT2D eigenvalue weighted by molar-refractivity contribution is 7.99. The van der Waals surface area contributed by atoms with E-state index in [9.17, 15) is 9.59 Å². The van der Waals surface area contributed by atoms with Crippen molar-refractivity contribution in [1.29, 1.82) is 0 Å². The molecule has 0 aliphatic carbocycles. The Bertz CT molecular complexity index is 547. The monoisotopic (exact) mass is 394 g/mol. The van der Waals surface area contributed by atoms with Gasteiger partial charge in [-0.2, -0.15) is 11.8 Å². The Morgan fingerprint density at radius 3 is 2.11 bits per heavy atom. The third-order valence-corrected chi connectivity index (χ3v) is 5.18. The van der Waals surface area contributed by atoms with Crippen molar-refractivity contribution < 1.29 is 9.59 Å². The van der Waals surface area contributed by atoms with Crippen LogP contribution in [-0.4, -0.2) is 29.4 Å². The lowest BCUT2D eigenvalue weighted by molar-refractivity contribution is -0.125. The summed E-state index contributed by atoms with van der Waals surface area (Å²) >= 11 is 1.80. The van der Waals surface area contributed by atoms with Crippen LogP contribution in [0.25, 0.3) is 0 Å². The van der Waals surface area contributed by atoms with Crippen molar-refractivity contribution in [2.75, 3.05) is 11.5 Å². The molecule has 5 heteroatoms. The zero-order valence-corrected chi connectivity index (χ0v) is 18.6. The van der Waals surface area contributed by atoms with Crippen molar-refractivity contribution in [3.63, 3.8) is 0 Å². The molecule has 154 valence electrons. The summed E-state index contributed by atoms with van der Waals surface area (Å²) in [6, 6.07) is 0.0930. The van der Waals surface area contributed by atoms with Crippen LogP contribution < -0.4 is 11.1 Å². The first-order valence-corrected chi connectivity index (χ1v) is 11.0. The summed E-state index contributed by atoms with van der Waals surface area (Å²) in [5.74, 6) is 1.26. The van der Waals surface area contributed by atoms with Crippen LogP contribution in [0.5, 0.6) is 0 Å². The van der Waals surface area contributed by atoms with E-state index in [1.807, 2.05) is 6.92 Å². The van der Waals surface area contributed by atoms with E-state index in [4.69, 9.17) is 5.73 Å². The molecule has 1 atom stereocenters. The molecule has 0 aliphatic rings. The van der Waals surface area contributed by atoms with Gasteiger partial charge in [-0.3, -0.25) is 9.59 Å². The smallest absolute Gasteiger partial charge is 0.220 e. The minimum absolute atomic E-state index is 0.0930. The van der Waals surface area contributed by atoms with Crippen LogP contribution >= 0.6 is 11.8 Å². The highest BCUT2D eigenvalue weighted by Gasteiger charge is 2.08. The van der Waals surface area contributed by atoms with Crippen LogP contribution in [0.15, 0.2) is 34.9 Å². The number of primary amides is 1. The lowest BCUT2D eigenvalue weighted by Gasteiger charge is -2.12. The number of amides is 2. The molecule has 0 bridgehead atoms. The molecule has 0 aliphatic heterocycles. The van der Waals surface area contributed by atoms with Gasteiger partial charge in [0.05, 0.1) is 0 Å². The number of nitrogens with one attached hydrogen (secondary N) is 1. The van der Waals surface area contributed by atoms with Crippen LogP contribution in [0.2, 0.25) is 0 Å². The van der Waals surface area contributed by atoms with Gasteiger partial charge in [0.15, 0.2) is 0 Å². The summed E-state index contributed by atoms with van der Waals surface area (Å²) in [5, 5.41) is 2.89. The Hall–Kier alpha value is -1.49. The molecule has 3 N–H and O–H groups in total. The number of carbonyl (C=O) groups is 2. The maximum Gasteiger partial charge on any atom is 0.220 e. The van der Waals surface area contributed by atoms with Gasteiger partial charge in [-0.1, -0.05) is 34.9 Å². The number of rotatable bonds is 14. The zero-order valence-electron chi connectivity index (χ0n) is 17.8. The third-order valence-electron chi connectivity index (χ3n) is 4.05. The van der Waals surface area contributed by atoms with Crippen LogP contribution in [0, 0.1) is 0 Å². The Labute approximate surface area is 170 Å². The topological polar surface area (TPSA) is 72.2 Å².